The van der Waals surface area contributed by atoms with E-state index in [9.17, 15) is 4.79 Å². The van der Waals surface area contributed by atoms with Gasteiger partial charge in [-0.15, -0.1) is 0 Å². The molecule has 0 radical (unpaired) electrons. The number of furan rings is 1. The minimum atomic E-state index is 0.175. The summed E-state index contributed by atoms with van der Waals surface area (Å²) >= 11 is 0. The van der Waals surface area contributed by atoms with E-state index in [1.54, 1.807) is 6.26 Å². The van der Waals surface area contributed by atoms with Crippen molar-refractivity contribution in [1.82, 2.24) is 0 Å². The van der Waals surface area contributed by atoms with Crippen LogP contribution in [-0.4, -0.2) is 12.3 Å². The number of hydrogen-bond donors (Lipinski definition) is 0. The topological polar surface area (TPSA) is 33.5 Å². The van der Waals surface area contributed by atoms with Gasteiger partial charge in [0.25, 0.3) is 0 Å². The van der Waals surface area contributed by atoms with Gasteiger partial charge in [-0.25, -0.2) is 0 Å². The van der Waals surface area contributed by atoms with Gasteiger partial charge in [0, 0.05) is 24.2 Å². The van der Waals surface area contributed by atoms with Crippen LogP contribution in [0, 0.1) is 0 Å². The zero-order chi connectivity index (χ0) is 13.7. The maximum absolute atomic E-state index is 12.0. The smallest absolute Gasteiger partial charge is 0.164 e. The van der Waals surface area contributed by atoms with E-state index in [-0.39, 0.29) is 5.78 Å². The number of carbonyl (C=O) groups is 1. The van der Waals surface area contributed by atoms with Gasteiger partial charge in [-0.1, -0.05) is 19.1 Å². The zero-order valence-corrected chi connectivity index (χ0v) is 11.4. The molecule has 0 N–H and O–H groups in total. The number of Topliss-reactive ketones (excluding diaryl/α,β-unsaturated/α-hetero) is 1. The lowest BCUT2D eigenvalue weighted by atomic mass is 10.1. The summed E-state index contributed by atoms with van der Waals surface area (Å²) in [6.07, 6.45) is 2.20. The van der Waals surface area contributed by atoms with Gasteiger partial charge in [0.1, 0.15) is 5.76 Å². The highest BCUT2D eigenvalue weighted by molar-refractivity contribution is 6.01. The average molecular weight is 257 g/mol. The lowest BCUT2D eigenvalue weighted by molar-refractivity contribution is 0.0988. The quantitative estimate of drug-likeness (QED) is 0.736. The lowest BCUT2D eigenvalue weighted by Crippen LogP contribution is -2.23. The van der Waals surface area contributed by atoms with E-state index in [4.69, 9.17) is 4.42 Å². The second-order valence-electron chi connectivity index (χ2n) is 4.39. The van der Waals surface area contributed by atoms with Gasteiger partial charge >= 0.3 is 0 Å². The standard InChI is InChI=1S/C16H19NO2/c1-3-16(18)14-9-5-6-10-15(14)17(4-2)12-13-8-7-11-19-13/h5-11H,3-4,12H2,1-2H3. The Balaban J connectivity index is 2.30. The molecule has 0 bridgehead atoms. The number of rotatable bonds is 6. The molecule has 0 unspecified atom stereocenters. The molecule has 0 amide bonds. The van der Waals surface area contributed by atoms with Gasteiger partial charge in [0.2, 0.25) is 0 Å². The highest BCUT2D eigenvalue weighted by Gasteiger charge is 2.14. The van der Waals surface area contributed by atoms with E-state index in [0.29, 0.717) is 13.0 Å². The van der Waals surface area contributed by atoms with Gasteiger partial charge in [0.15, 0.2) is 5.78 Å². The van der Waals surface area contributed by atoms with E-state index in [2.05, 4.69) is 11.8 Å². The number of carbonyl (C=O) groups excluding carboxylic acids is 1. The number of ketones is 1. The summed E-state index contributed by atoms with van der Waals surface area (Å²) < 4.78 is 5.39. The molecule has 0 saturated heterocycles. The fraction of sp³-hybridized carbons (Fsp3) is 0.312. The van der Waals surface area contributed by atoms with E-state index in [1.807, 2.05) is 43.3 Å². The van der Waals surface area contributed by atoms with Crippen molar-refractivity contribution in [3.05, 3.63) is 54.0 Å². The number of anilines is 1. The van der Waals surface area contributed by atoms with Gasteiger partial charge < -0.3 is 9.32 Å². The lowest BCUT2D eigenvalue weighted by Gasteiger charge is -2.24. The molecule has 100 valence electrons. The third-order valence-electron chi connectivity index (χ3n) is 3.17. The summed E-state index contributed by atoms with van der Waals surface area (Å²) in [5.74, 6) is 1.08. The maximum Gasteiger partial charge on any atom is 0.164 e. The highest BCUT2D eigenvalue weighted by Crippen LogP contribution is 2.23. The molecule has 0 spiro atoms. The Labute approximate surface area is 113 Å². The third-order valence-corrected chi connectivity index (χ3v) is 3.17. The Morgan fingerprint density at radius 3 is 2.58 bits per heavy atom. The van der Waals surface area contributed by atoms with Crippen molar-refractivity contribution >= 4 is 11.5 Å². The predicted octanol–water partition coefficient (Wildman–Crippen LogP) is 3.90. The summed E-state index contributed by atoms with van der Waals surface area (Å²) in [5, 5.41) is 0. The normalized spacial score (nSPS) is 10.4. The molecule has 0 fully saturated rings. The van der Waals surface area contributed by atoms with Crippen LogP contribution in [0.2, 0.25) is 0 Å². The summed E-state index contributed by atoms with van der Waals surface area (Å²) in [6, 6.07) is 11.6. The van der Waals surface area contributed by atoms with E-state index in [1.165, 1.54) is 0 Å². The van der Waals surface area contributed by atoms with Gasteiger partial charge in [-0.2, -0.15) is 0 Å². The predicted molar refractivity (Wildman–Crippen MR) is 76.5 cm³/mol. The minimum Gasteiger partial charge on any atom is -0.467 e. The first-order valence-electron chi connectivity index (χ1n) is 6.65. The summed E-state index contributed by atoms with van der Waals surface area (Å²) in [7, 11) is 0. The Morgan fingerprint density at radius 1 is 1.16 bits per heavy atom. The van der Waals surface area contributed by atoms with Crippen LogP contribution in [0.15, 0.2) is 47.1 Å². The molecule has 2 rings (SSSR count). The number of hydrogen-bond acceptors (Lipinski definition) is 3. The van der Waals surface area contributed by atoms with Gasteiger partial charge in [0.05, 0.1) is 12.8 Å². The number of para-hydroxylation sites is 1. The second-order valence-corrected chi connectivity index (χ2v) is 4.39. The Morgan fingerprint density at radius 2 is 1.95 bits per heavy atom. The van der Waals surface area contributed by atoms with E-state index >= 15 is 0 Å². The van der Waals surface area contributed by atoms with E-state index in [0.717, 1.165) is 23.6 Å². The Kier molecular flexibility index (Phi) is 4.39. The first kappa shape index (κ1) is 13.4. The number of nitrogens with zero attached hydrogens (tertiary/aromatic N) is 1. The van der Waals surface area contributed by atoms with E-state index < -0.39 is 0 Å². The van der Waals surface area contributed by atoms with Crippen molar-refractivity contribution in [3.63, 3.8) is 0 Å². The molecule has 0 aliphatic rings. The molecule has 0 saturated carbocycles. The maximum atomic E-state index is 12.0. The molecular formula is C16H19NO2. The Hall–Kier alpha value is -2.03. The van der Waals surface area contributed by atoms with Crippen LogP contribution < -0.4 is 4.90 Å². The molecular weight excluding hydrogens is 238 g/mol. The van der Waals surface area contributed by atoms with Crippen LogP contribution in [-0.2, 0) is 6.54 Å². The first-order valence-corrected chi connectivity index (χ1v) is 6.65. The Bertz CT molecular complexity index is 531. The fourth-order valence-electron chi connectivity index (χ4n) is 2.13. The summed E-state index contributed by atoms with van der Waals surface area (Å²) in [6.45, 7) is 5.48. The fourth-order valence-corrected chi connectivity index (χ4v) is 2.13. The molecule has 0 aliphatic carbocycles. The molecule has 1 aromatic heterocycles. The number of benzene rings is 1. The van der Waals surface area contributed by atoms with Crippen molar-refractivity contribution in [2.45, 2.75) is 26.8 Å². The summed E-state index contributed by atoms with van der Waals surface area (Å²) in [4.78, 5) is 14.2. The zero-order valence-electron chi connectivity index (χ0n) is 11.4. The molecule has 3 heteroatoms. The SMILES string of the molecule is CCC(=O)c1ccccc1N(CC)Cc1ccco1. The van der Waals surface area contributed by atoms with Crippen molar-refractivity contribution in [2.24, 2.45) is 0 Å². The second kappa shape index (κ2) is 6.23. The van der Waals surface area contributed by atoms with Crippen LogP contribution in [0.1, 0.15) is 36.4 Å². The molecule has 19 heavy (non-hydrogen) atoms. The van der Waals surface area contributed by atoms with Crippen molar-refractivity contribution < 1.29 is 9.21 Å². The average Bonchev–Trinajstić information content (AvgIpc) is 2.97. The minimum absolute atomic E-state index is 0.175. The van der Waals surface area contributed by atoms with Crippen molar-refractivity contribution in [3.8, 4) is 0 Å². The van der Waals surface area contributed by atoms with Crippen molar-refractivity contribution in [1.29, 1.82) is 0 Å². The molecule has 1 heterocycles. The van der Waals surface area contributed by atoms with Crippen molar-refractivity contribution in [2.75, 3.05) is 11.4 Å². The van der Waals surface area contributed by atoms with Crippen LogP contribution in [0.3, 0.4) is 0 Å². The van der Waals surface area contributed by atoms with Crippen LogP contribution in [0.4, 0.5) is 5.69 Å². The van der Waals surface area contributed by atoms with Crippen LogP contribution >= 0.6 is 0 Å². The molecule has 1 aromatic carbocycles. The summed E-state index contributed by atoms with van der Waals surface area (Å²) in [5.41, 5.74) is 1.77. The monoisotopic (exact) mass is 257 g/mol. The largest absolute Gasteiger partial charge is 0.467 e. The van der Waals surface area contributed by atoms with Crippen LogP contribution in [0.5, 0.6) is 0 Å². The third kappa shape index (κ3) is 3.05. The first-order chi connectivity index (χ1) is 9.26. The molecule has 3 nitrogen and oxygen atoms in total. The molecule has 0 atom stereocenters. The van der Waals surface area contributed by atoms with Gasteiger partial charge in [-0.3, -0.25) is 4.79 Å². The highest BCUT2D eigenvalue weighted by atomic mass is 16.3. The molecule has 0 aliphatic heterocycles. The van der Waals surface area contributed by atoms with Crippen LogP contribution in [0.25, 0.3) is 0 Å². The molecule has 2 aromatic rings. The van der Waals surface area contributed by atoms with Gasteiger partial charge in [-0.05, 0) is 31.2 Å².